The van der Waals surface area contributed by atoms with Crippen LogP contribution in [0.25, 0.3) is 0 Å². The largest absolute Gasteiger partial charge is 0.395 e. The van der Waals surface area contributed by atoms with Gasteiger partial charge >= 0.3 is 0 Å². The summed E-state index contributed by atoms with van der Waals surface area (Å²) in [5, 5.41) is 15.0. The van der Waals surface area contributed by atoms with E-state index in [9.17, 15) is 9.90 Å². The van der Waals surface area contributed by atoms with Crippen molar-refractivity contribution in [3.8, 4) is 0 Å². The molecule has 1 aliphatic heterocycles. The number of aliphatic hydroxyl groups excluding tert-OH is 1. The van der Waals surface area contributed by atoms with E-state index in [4.69, 9.17) is 0 Å². The van der Waals surface area contributed by atoms with Crippen LogP contribution in [0.15, 0.2) is 41.8 Å². The SMILES string of the molecule is Cc1ccc([C@H](NC(=O)CN2CCC[C@H](C)[C@@H]2CO)c2cccs2)cc1. The molecule has 2 aromatic rings. The van der Waals surface area contributed by atoms with E-state index in [1.807, 2.05) is 11.4 Å². The van der Waals surface area contributed by atoms with E-state index in [0.29, 0.717) is 12.5 Å². The summed E-state index contributed by atoms with van der Waals surface area (Å²) in [7, 11) is 0. The highest BCUT2D eigenvalue weighted by molar-refractivity contribution is 7.10. The molecule has 0 saturated carbocycles. The summed E-state index contributed by atoms with van der Waals surface area (Å²) < 4.78 is 0. The molecule has 2 heterocycles. The van der Waals surface area contributed by atoms with Crippen LogP contribution in [0.2, 0.25) is 0 Å². The second-order valence-corrected chi connectivity index (χ2v) is 8.25. The molecule has 140 valence electrons. The van der Waals surface area contributed by atoms with E-state index in [0.717, 1.165) is 29.8 Å². The lowest BCUT2D eigenvalue weighted by Crippen LogP contribution is -2.50. The first-order valence-corrected chi connectivity index (χ1v) is 10.2. The van der Waals surface area contributed by atoms with E-state index in [-0.39, 0.29) is 24.6 Å². The highest BCUT2D eigenvalue weighted by Gasteiger charge is 2.29. The maximum Gasteiger partial charge on any atom is 0.234 e. The van der Waals surface area contributed by atoms with E-state index in [1.54, 1.807) is 11.3 Å². The Morgan fingerprint density at radius 1 is 1.35 bits per heavy atom. The van der Waals surface area contributed by atoms with Gasteiger partial charge in [0.15, 0.2) is 0 Å². The highest BCUT2D eigenvalue weighted by atomic mass is 32.1. The average molecular weight is 373 g/mol. The molecule has 1 aromatic heterocycles. The summed E-state index contributed by atoms with van der Waals surface area (Å²) >= 11 is 1.66. The number of aryl methyl sites for hydroxylation is 1. The molecule has 0 spiro atoms. The van der Waals surface area contributed by atoms with Crippen LogP contribution in [0.5, 0.6) is 0 Å². The molecule has 2 N–H and O–H groups in total. The van der Waals surface area contributed by atoms with Gasteiger partial charge in [-0.3, -0.25) is 9.69 Å². The quantitative estimate of drug-likeness (QED) is 0.818. The molecule has 0 unspecified atom stereocenters. The summed E-state index contributed by atoms with van der Waals surface area (Å²) in [6.07, 6.45) is 2.20. The number of nitrogens with zero attached hydrogens (tertiary/aromatic N) is 1. The normalized spacial score (nSPS) is 22.1. The standard InChI is InChI=1S/C21H28N2O2S/c1-15-7-9-17(10-8-15)21(19-6-4-12-26-19)22-20(25)13-23-11-3-5-16(2)18(23)14-24/h4,6-10,12,16,18,21,24H,3,5,11,13-14H2,1-2H3,(H,22,25)/t16-,18-,21-/m0/s1. The minimum atomic E-state index is -0.127. The zero-order valence-corrected chi connectivity index (χ0v) is 16.3. The molecule has 1 saturated heterocycles. The number of benzene rings is 1. The molecule has 4 nitrogen and oxygen atoms in total. The van der Waals surface area contributed by atoms with Gasteiger partial charge in [0.05, 0.1) is 19.2 Å². The third-order valence-corrected chi connectivity index (χ3v) is 6.25. The monoisotopic (exact) mass is 372 g/mol. The third kappa shape index (κ3) is 4.53. The van der Waals surface area contributed by atoms with E-state index in [2.05, 4.69) is 54.4 Å². The Labute approximate surface area is 159 Å². The summed E-state index contributed by atoms with van der Waals surface area (Å²) in [6, 6.07) is 12.4. The second kappa shape index (κ2) is 8.80. The molecule has 0 aliphatic carbocycles. The maximum atomic E-state index is 12.8. The fourth-order valence-electron chi connectivity index (χ4n) is 3.75. The minimum Gasteiger partial charge on any atom is -0.395 e. The highest BCUT2D eigenvalue weighted by Crippen LogP contribution is 2.27. The molecule has 26 heavy (non-hydrogen) atoms. The first-order chi connectivity index (χ1) is 12.6. The molecule has 3 rings (SSSR count). The van der Waals surface area contributed by atoms with Crippen molar-refractivity contribution in [2.45, 2.75) is 38.8 Å². The van der Waals surface area contributed by atoms with Crippen molar-refractivity contribution < 1.29 is 9.90 Å². The molecular weight excluding hydrogens is 344 g/mol. The molecule has 1 fully saturated rings. The Balaban J connectivity index is 1.72. The predicted octanol–water partition coefficient (Wildman–Crippen LogP) is 3.35. The Morgan fingerprint density at radius 3 is 2.77 bits per heavy atom. The molecule has 1 amide bonds. The number of hydrogen-bond acceptors (Lipinski definition) is 4. The van der Waals surface area contributed by atoms with Gasteiger partial charge in [-0.15, -0.1) is 11.3 Å². The van der Waals surface area contributed by atoms with Crippen LogP contribution in [-0.4, -0.2) is 41.7 Å². The van der Waals surface area contributed by atoms with Crippen LogP contribution in [0.3, 0.4) is 0 Å². The number of aliphatic hydroxyl groups is 1. The number of hydrogen-bond donors (Lipinski definition) is 2. The molecule has 3 atom stereocenters. The van der Waals surface area contributed by atoms with E-state index in [1.165, 1.54) is 5.56 Å². The maximum absolute atomic E-state index is 12.8. The number of likely N-dealkylation sites (tertiary alicyclic amines) is 1. The summed E-state index contributed by atoms with van der Waals surface area (Å²) in [5.41, 5.74) is 2.30. The summed E-state index contributed by atoms with van der Waals surface area (Å²) in [6.45, 7) is 5.54. The number of nitrogens with one attached hydrogen (secondary N) is 1. The van der Waals surface area contributed by atoms with Crippen molar-refractivity contribution in [1.29, 1.82) is 0 Å². The Morgan fingerprint density at radius 2 is 2.12 bits per heavy atom. The van der Waals surface area contributed by atoms with Gasteiger partial charge in [0.1, 0.15) is 0 Å². The van der Waals surface area contributed by atoms with Crippen LogP contribution in [0.4, 0.5) is 0 Å². The molecule has 1 aliphatic rings. The van der Waals surface area contributed by atoms with Gasteiger partial charge in [-0.1, -0.05) is 42.8 Å². The summed E-state index contributed by atoms with van der Waals surface area (Å²) in [4.78, 5) is 16.1. The van der Waals surface area contributed by atoms with E-state index >= 15 is 0 Å². The lowest BCUT2D eigenvalue weighted by atomic mass is 9.91. The van der Waals surface area contributed by atoms with Crippen molar-refractivity contribution in [1.82, 2.24) is 10.2 Å². The fourth-order valence-corrected chi connectivity index (χ4v) is 4.55. The minimum absolute atomic E-state index is 0.0107. The van der Waals surface area contributed by atoms with E-state index < -0.39 is 0 Å². The van der Waals surface area contributed by atoms with Gasteiger partial charge in [-0.2, -0.15) is 0 Å². The predicted molar refractivity (Wildman–Crippen MR) is 106 cm³/mol. The van der Waals surface area contributed by atoms with Crippen molar-refractivity contribution in [2.24, 2.45) is 5.92 Å². The zero-order chi connectivity index (χ0) is 18.5. The number of amides is 1. The van der Waals surface area contributed by atoms with Crippen molar-refractivity contribution in [3.63, 3.8) is 0 Å². The van der Waals surface area contributed by atoms with Gasteiger partial charge in [-0.05, 0) is 49.2 Å². The van der Waals surface area contributed by atoms with Crippen LogP contribution < -0.4 is 5.32 Å². The van der Waals surface area contributed by atoms with Crippen molar-refractivity contribution in [3.05, 3.63) is 57.8 Å². The van der Waals surface area contributed by atoms with Crippen LogP contribution in [-0.2, 0) is 4.79 Å². The molecule has 1 aromatic carbocycles. The van der Waals surface area contributed by atoms with Crippen molar-refractivity contribution >= 4 is 17.2 Å². The van der Waals surface area contributed by atoms with Crippen molar-refractivity contribution in [2.75, 3.05) is 19.7 Å². The smallest absolute Gasteiger partial charge is 0.234 e. The van der Waals surface area contributed by atoms with Gasteiger partial charge in [0, 0.05) is 10.9 Å². The summed E-state index contributed by atoms with van der Waals surface area (Å²) in [5.74, 6) is 0.434. The topological polar surface area (TPSA) is 52.6 Å². The lowest BCUT2D eigenvalue weighted by Gasteiger charge is -2.38. The first kappa shape index (κ1) is 19.1. The zero-order valence-electron chi connectivity index (χ0n) is 15.5. The van der Waals surface area contributed by atoms with Crippen LogP contribution in [0.1, 0.15) is 41.8 Å². The van der Waals surface area contributed by atoms with Crippen LogP contribution >= 0.6 is 11.3 Å². The average Bonchev–Trinajstić information content (AvgIpc) is 3.15. The third-order valence-electron chi connectivity index (χ3n) is 5.31. The first-order valence-electron chi connectivity index (χ1n) is 9.32. The van der Waals surface area contributed by atoms with Gasteiger partial charge in [0.25, 0.3) is 0 Å². The van der Waals surface area contributed by atoms with Gasteiger partial charge < -0.3 is 10.4 Å². The molecule has 0 bridgehead atoms. The molecule has 5 heteroatoms. The Bertz CT molecular complexity index is 699. The Hall–Kier alpha value is -1.69. The number of thiophene rings is 1. The van der Waals surface area contributed by atoms with Crippen LogP contribution in [0, 0.1) is 12.8 Å². The fraction of sp³-hybridized carbons (Fsp3) is 0.476. The molecular formula is C21H28N2O2S. The lowest BCUT2D eigenvalue weighted by molar-refractivity contribution is -0.124. The van der Waals surface area contributed by atoms with Gasteiger partial charge in [0.2, 0.25) is 5.91 Å². The molecule has 0 radical (unpaired) electrons. The second-order valence-electron chi connectivity index (χ2n) is 7.27. The number of carbonyl (C=O) groups excluding carboxylic acids is 1. The Kier molecular flexibility index (Phi) is 6.46. The van der Waals surface area contributed by atoms with Gasteiger partial charge in [-0.25, -0.2) is 0 Å². The number of carbonyl (C=O) groups is 1. The number of piperidine rings is 1. The number of rotatable bonds is 6.